The van der Waals surface area contributed by atoms with Crippen LogP contribution in [0.2, 0.25) is 0 Å². The van der Waals surface area contributed by atoms with Gasteiger partial charge in [-0.25, -0.2) is 0 Å². The fourth-order valence-corrected chi connectivity index (χ4v) is 2.01. The van der Waals surface area contributed by atoms with Gasteiger partial charge < -0.3 is 14.8 Å². The molecule has 0 fully saturated rings. The third-order valence-corrected chi connectivity index (χ3v) is 3.39. The van der Waals surface area contributed by atoms with Crippen molar-refractivity contribution in [3.8, 4) is 11.5 Å². The Morgan fingerprint density at radius 3 is 2.45 bits per heavy atom. The molecule has 1 atom stereocenters. The number of amides is 1. The van der Waals surface area contributed by atoms with Crippen LogP contribution in [0.3, 0.4) is 0 Å². The Kier molecular flexibility index (Phi) is 5.42. The van der Waals surface area contributed by atoms with E-state index in [4.69, 9.17) is 9.47 Å². The lowest BCUT2D eigenvalue weighted by Crippen LogP contribution is -2.36. The van der Waals surface area contributed by atoms with Crippen LogP contribution >= 0.6 is 0 Å². The highest BCUT2D eigenvalue weighted by molar-refractivity contribution is 5.80. The minimum absolute atomic E-state index is 0.140. The van der Waals surface area contributed by atoms with Gasteiger partial charge >= 0.3 is 0 Å². The molecule has 1 N–H and O–H groups in total. The lowest BCUT2D eigenvalue weighted by Gasteiger charge is -2.16. The van der Waals surface area contributed by atoms with Gasteiger partial charge in [-0.3, -0.25) is 4.79 Å². The predicted molar refractivity (Wildman–Crippen MR) is 86.1 cm³/mol. The molecule has 0 radical (unpaired) electrons. The summed E-state index contributed by atoms with van der Waals surface area (Å²) in [6.07, 6.45) is -0.542. The zero-order valence-electron chi connectivity index (χ0n) is 13.1. The third kappa shape index (κ3) is 4.25. The van der Waals surface area contributed by atoms with Crippen LogP contribution in [0.25, 0.3) is 0 Å². The van der Waals surface area contributed by atoms with Crippen LogP contribution < -0.4 is 14.8 Å². The molecule has 22 heavy (non-hydrogen) atoms. The lowest BCUT2D eigenvalue weighted by atomic mass is 10.2. The minimum atomic E-state index is -0.542. The van der Waals surface area contributed by atoms with E-state index in [9.17, 15) is 4.79 Å². The molecule has 2 aromatic rings. The first kappa shape index (κ1) is 15.9. The van der Waals surface area contributed by atoms with E-state index in [1.807, 2.05) is 55.5 Å². The monoisotopic (exact) mass is 299 g/mol. The Morgan fingerprint density at radius 1 is 1.14 bits per heavy atom. The van der Waals surface area contributed by atoms with E-state index in [1.54, 1.807) is 14.0 Å². The molecule has 0 bridgehead atoms. The van der Waals surface area contributed by atoms with Crippen molar-refractivity contribution in [3.05, 3.63) is 59.7 Å². The maximum atomic E-state index is 12.1. The molecule has 4 nitrogen and oxygen atoms in total. The van der Waals surface area contributed by atoms with Crippen LogP contribution in [-0.2, 0) is 11.3 Å². The number of aryl methyl sites for hydroxylation is 1. The van der Waals surface area contributed by atoms with Gasteiger partial charge in [0.2, 0.25) is 0 Å². The van der Waals surface area contributed by atoms with Gasteiger partial charge in [0.25, 0.3) is 5.91 Å². The smallest absolute Gasteiger partial charge is 0.261 e. The first-order valence-electron chi connectivity index (χ1n) is 7.23. The van der Waals surface area contributed by atoms with Gasteiger partial charge in [-0.2, -0.15) is 0 Å². The topological polar surface area (TPSA) is 47.6 Å². The Balaban J connectivity index is 1.87. The second-order valence-corrected chi connectivity index (χ2v) is 5.09. The van der Waals surface area contributed by atoms with Crippen LogP contribution in [0.4, 0.5) is 0 Å². The van der Waals surface area contributed by atoms with Crippen molar-refractivity contribution in [1.82, 2.24) is 5.32 Å². The quantitative estimate of drug-likeness (QED) is 0.891. The standard InChI is InChI=1S/C18H21NO3/c1-13-6-4-5-7-17(13)22-14(2)18(20)19-12-15-8-10-16(21-3)11-9-15/h4-11,14H,12H2,1-3H3,(H,19,20)/t14-/m0/s1. The number of benzene rings is 2. The molecule has 0 heterocycles. The number of carbonyl (C=O) groups excluding carboxylic acids is 1. The molecular weight excluding hydrogens is 278 g/mol. The van der Waals surface area contributed by atoms with E-state index in [0.29, 0.717) is 6.54 Å². The summed E-state index contributed by atoms with van der Waals surface area (Å²) in [7, 11) is 1.63. The number of rotatable bonds is 6. The fraction of sp³-hybridized carbons (Fsp3) is 0.278. The molecular formula is C18H21NO3. The van der Waals surface area contributed by atoms with Crippen molar-refractivity contribution in [3.63, 3.8) is 0 Å². The number of carbonyl (C=O) groups is 1. The zero-order valence-corrected chi connectivity index (χ0v) is 13.1. The number of methoxy groups -OCH3 is 1. The molecule has 0 aliphatic carbocycles. The maximum absolute atomic E-state index is 12.1. The van der Waals surface area contributed by atoms with Gasteiger partial charge in [0.05, 0.1) is 7.11 Å². The van der Waals surface area contributed by atoms with Gasteiger partial charge in [0.15, 0.2) is 6.10 Å². The molecule has 0 saturated carbocycles. The molecule has 0 saturated heterocycles. The Labute approximate surface area is 131 Å². The number of para-hydroxylation sites is 1. The highest BCUT2D eigenvalue weighted by atomic mass is 16.5. The van der Waals surface area contributed by atoms with Crippen LogP contribution in [0.5, 0.6) is 11.5 Å². The second-order valence-electron chi connectivity index (χ2n) is 5.09. The van der Waals surface area contributed by atoms with Gasteiger partial charge in [-0.15, -0.1) is 0 Å². The lowest BCUT2D eigenvalue weighted by molar-refractivity contribution is -0.127. The Morgan fingerprint density at radius 2 is 1.82 bits per heavy atom. The van der Waals surface area contributed by atoms with Crippen LogP contribution in [0.1, 0.15) is 18.1 Å². The van der Waals surface area contributed by atoms with E-state index >= 15 is 0 Å². The molecule has 1 amide bonds. The van der Waals surface area contributed by atoms with Crippen LogP contribution in [-0.4, -0.2) is 19.1 Å². The average molecular weight is 299 g/mol. The largest absolute Gasteiger partial charge is 0.497 e. The summed E-state index contributed by atoms with van der Waals surface area (Å²) in [5.41, 5.74) is 2.02. The normalized spacial score (nSPS) is 11.6. The highest BCUT2D eigenvalue weighted by Crippen LogP contribution is 2.18. The predicted octanol–water partition coefficient (Wildman–Crippen LogP) is 3.09. The summed E-state index contributed by atoms with van der Waals surface area (Å²) in [5.74, 6) is 1.39. The molecule has 0 unspecified atom stereocenters. The first-order chi connectivity index (χ1) is 10.6. The summed E-state index contributed by atoms with van der Waals surface area (Å²) < 4.78 is 10.8. The minimum Gasteiger partial charge on any atom is -0.497 e. The molecule has 2 rings (SSSR count). The average Bonchev–Trinajstić information content (AvgIpc) is 2.55. The number of hydrogen-bond acceptors (Lipinski definition) is 3. The Hall–Kier alpha value is -2.49. The summed E-state index contributed by atoms with van der Waals surface area (Å²) in [5, 5.41) is 2.87. The molecule has 116 valence electrons. The molecule has 0 aromatic heterocycles. The summed E-state index contributed by atoms with van der Waals surface area (Å²) in [4.78, 5) is 12.1. The van der Waals surface area contributed by atoms with Crippen molar-refractivity contribution < 1.29 is 14.3 Å². The van der Waals surface area contributed by atoms with Crippen molar-refractivity contribution in [2.75, 3.05) is 7.11 Å². The van der Waals surface area contributed by atoms with Crippen molar-refractivity contribution in [1.29, 1.82) is 0 Å². The van der Waals surface area contributed by atoms with E-state index in [1.165, 1.54) is 0 Å². The summed E-state index contributed by atoms with van der Waals surface area (Å²) in [6.45, 7) is 4.16. The number of hydrogen-bond donors (Lipinski definition) is 1. The van der Waals surface area contributed by atoms with Gasteiger partial charge in [-0.05, 0) is 43.2 Å². The van der Waals surface area contributed by atoms with E-state index in [-0.39, 0.29) is 5.91 Å². The van der Waals surface area contributed by atoms with Crippen LogP contribution in [0, 0.1) is 6.92 Å². The van der Waals surface area contributed by atoms with Crippen molar-refractivity contribution >= 4 is 5.91 Å². The maximum Gasteiger partial charge on any atom is 0.261 e. The van der Waals surface area contributed by atoms with Crippen molar-refractivity contribution in [2.45, 2.75) is 26.5 Å². The van der Waals surface area contributed by atoms with E-state index < -0.39 is 6.10 Å². The summed E-state index contributed by atoms with van der Waals surface area (Å²) >= 11 is 0. The molecule has 4 heteroatoms. The molecule has 2 aromatic carbocycles. The van der Waals surface area contributed by atoms with E-state index in [0.717, 1.165) is 22.6 Å². The van der Waals surface area contributed by atoms with Gasteiger partial charge in [-0.1, -0.05) is 30.3 Å². The molecule has 0 spiro atoms. The Bertz CT molecular complexity index is 622. The van der Waals surface area contributed by atoms with E-state index in [2.05, 4.69) is 5.32 Å². The third-order valence-electron chi connectivity index (χ3n) is 3.39. The summed E-state index contributed by atoms with van der Waals surface area (Å²) in [6, 6.07) is 15.2. The van der Waals surface area contributed by atoms with Crippen molar-refractivity contribution in [2.24, 2.45) is 0 Å². The molecule has 0 aliphatic rings. The zero-order chi connectivity index (χ0) is 15.9. The SMILES string of the molecule is COc1ccc(CNC(=O)[C@H](C)Oc2ccccc2C)cc1. The molecule has 0 aliphatic heterocycles. The fourth-order valence-electron chi connectivity index (χ4n) is 2.01. The van der Waals surface area contributed by atoms with Gasteiger partial charge in [0, 0.05) is 6.54 Å². The number of ether oxygens (including phenoxy) is 2. The number of nitrogens with one attached hydrogen (secondary N) is 1. The second kappa shape index (κ2) is 7.50. The van der Waals surface area contributed by atoms with Crippen LogP contribution in [0.15, 0.2) is 48.5 Å². The van der Waals surface area contributed by atoms with Gasteiger partial charge in [0.1, 0.15) is 11.5 Å². The first-order valence-corrected chi connectivity index (χ1v) is 7.23. The highest BCUT2D eigenvalue weighted by Gasteiger charge is 2.15.